The van der Waals surface area contributed by atoms with E-state index in [-0.39, 0.29) is 0 Å². The van der Waals surface area contributed by atoms with Crippen molar-refractivity contribution >= 4 is 0 Å². The van der Waals surface area contributed by atoms with Crippen LogP contribution in [-0.2, 0) is 6.54 Å². The number of rotatable bonds is 3. The molecule has 0 aliphatic carbocycles. The van der Waals surface area contributed by atoms with Crippen molar-refractivity contribution in [3.63, 3.8) is 0 Å². The lowest BCUT2D eigenvalue weighted by Crippen LogP contribution is -2.00. The van der Waals surface area contributed by atoms with Crippen LogP contribution < -0.4 is 5.73 Å². The van der Waals surface area contributed by atoms with Gasteiger partial charge in [-0.15, -0.1) is 0 Å². The van der Waals surface area contributed by atoms with Gasteiger partial charge in [0.2, 0.25) is 0 Å². The predicted octanol–water partition coefficient (Wildman–Crippen LogP) is 2.39. The number of imidazole rings is 1. The molecule has 1 aromatic carbocycles. The smallest absolute Gasteiger partial charge is 0.0997 e. The number of hydrogen-bond acceptors (Lipinski definition) is 3. The van der Waals surface area contributed by atoms with Gasteiger partial charge in [0.1, 0.15) is 0 Å². The number of benzene rings is 1. The van der Waals surface area contributed by atoms with Crippen LogP contribution in [0.3, 0.4) is 0 Å². The minimum Gasteiger partial charge on any atom is -0.326 e. The number of hydrogen-bond donors (Lipinski definition) is 1. The summed E-state index contributed by atoms with van der Waals surface area (Å²) in [4.78, 5) is 8.38. The van der Waals surface area contributed by atoms with Crippen LogP contribution >= 0.6 is 0 Å². The molecule has 0 aliphatic heterocycles. The van der Waals surface area contributed by atoms with Crippen molar-refractivity contribution in [2.24, 2.45) is 5.73 Å². The van der Waals surface area contributed by atoms with Crippen molar-refractivity contribution in [1.29, 1.82) is 0 Å². The maximum atomic E-state index is 5.69. The Morgan fingerprint density at radius 2 is 2.00 bits per heavy atom. The Labute approximate surface area is 111 Å². The fraction of sp³-hybridized carbons (Fsp3) is 0.0667. The second kappa shape index (κ2) is 5.04. The maximum Gasteiger partial charge on any atom is 0.0997 e. The van der Waals surface area contributed by atoms with Gasteiger partial charge in [0.05, 0.1) is 18.2 Å². The number of nitrogens with two attached hydrogens (primary N) is 1. The minimum absolute atomic E-state index is 0.533. The summed E-state index contributed by atoms with van der Waals surface area (Å²) >= 11 is 0. The minimum atomic E-state index is 0.533. The molecule has 0 saturated carbocycles. The molecule has 0 amide bonds. The quantitative estimate of drug-likeness (QED) is 0.776. The average Bonchev–Trinajstić information content (AvgIpc) is 2.98. The zero-order valence-corrected chi connectivity index (χ0v) is 10.4. The lowest BCUT2D eigenvalue weighted by Gasteiger charge is -2.09. The molecule has 0 atom stereocenters. The van der Waals surface area contributed by atoms with Gasteiger partial charge in [-0.3, -0.25) is 9.55 Å². The van der Waals surface area contributed by atoms with E-state index in [1.165, 1.54) is 0 Å². The number of nitrogens with zero attached hydrogens (tertiary/aromatic N) is 3. The summed E-state index contributed by atoms with van der Waals surface area (Å²) in [6.45, 7) is 0.533. The van der Waals surface area contributed by atoms with E-state index in [4.69, 9.17) is 5.73 Å². The van der Waals surface area contributed by atoms with Crippen LogP contribution in [0.1, 0.15) is 5.56 Å². The normalized spacial score (nSPS) is 10.6. The fourth-order valence-corrected chi connectivity index (χ4v) is 2.06. The highest BCUT2D eigenvalue weighted by Crippen LogP contribution is 2.22. The van der Waals surface area contributed by atoms with E-state index in [0.29, 0.717) is 6.54 Å². The molecule has 0 fully saturated rings. The molecule has 2 heterocycles. The van der Waals surface area contributed by atoms with Gasteiger partial charge in [0.25, 0.3) is 0 Å². The third-order valence-electron chi connectivity index (χ3n) is 3.02. The van der Waals surface area contributed by atoms with E-state index in [9.17, 15) is 0 Å². The predicted molar refractivity (Wildman–Crippen MR) is 74.7 cm³/mol. The monoisotopic (exact) mass is 250 g/mol. The molecule has 0 bridgehead atoms. The van der Waals surface area contributed by atoms with Crippen LogP contribution in [0.5, 0.6) is 0 Å². The van der Waals surface area contributed by atoms with Crippen LogP contribution in [0.25, 0.3) is 16.9 Å². The van der Waals surface area contributed by atoms with Gasteiger partial charge < -0.3 is 5.73 Å². The van der Waals surface area contributed by atoms with Crippen LogP contribution in [0.2, 0.25) is 0 Å². The summed E-state index contributed by atoms with van der Waals surface area (Å²) in [5.74, 6) is 0. The van der Waals surface area contributed by atoms with Crippen LogP contribution in [0.15, 0.2) is 61.3 Å². The first kappa shape index (κ1) is 11.6. The molecule has 4 nitrogen and oxygen atoms in total. The Hall–Kier alpha value is -2.46. The van der Waals surface area contributed by atoms with E-state index in [1.54, 1.807) is 12.5 Å². The van der Waals surface area contributed by atoms with Crippen molar-refractivity contribution in [2.75, 3.05) is 0 Å². The number of aromatic nitrogens is 3. The summed E-state index contributed by atoms with van der Waals surface area (Å²) in [7, 11) is 0. The van der Waals surface area contributed by atoms with Crippen LogP contribution in [0.4, 0.5) is 0 Å². The van der Waals surface area contributed by atoms with E-state index in [1.807, 2.05) is 47.3 Å². The SMILES string of the molecule is NCc1cccc(-n2cncc2-c2cccnc2)c1. The summed E-state index contributed by atoms with van der Waals surface area (Å²) < 4.78 is 2.04. The van der Waals surface area contributed by atoms with Gasteiger partial charge in [-0.1, -0.05) is 12.1 Å². The summed E-state index contributed by atoms with van der Waals surface area (Å²) in [5.41, 5.74) is 9.90. The first-order valence-electron chi connectivity index (χ1n) is 6.10. The van der Waals surface area contributed by atoms with E-state index >= 15 is 0 Å². The Kier molecular flexibility index (Phi) is 3.08. The highest BCUT2D eigenvalue weighted by molar-refractivity contribution is 5.60. The molecule has 3 aromatic rings. The molecule has 2 aromatic heterocycles. The molecule has 0 aliphatic rings. The van der Waals surface area contributed by atoms with E-state index in [0.717, 1.165) is 22.5 Å². The van der Waals surface area contributed by atoms with Gasteiger partial charge in [-0.2, -0.15) is 0 Å². The van der Waals surface area contributed by atoms with Crippen molar-refractivity contribution in [2.45, 2.75) is 6.54 Å². The lowest BCUT2D eigenvalue weighted by atomic mass is 10.2. The molecular formula is C15H14N4. The topological polar surface area (TPSA) is 56.7 Å². The molecule has 0 radical (unpaired) electrons. The molecule has 94 valence electrons. The van der Waals surface area contributed by atoms with Gasteiger partial charge >= 0.3 is 0 Å². The highest BCUT2D eigenvalue weighted by Gasteiger charge is 2.07. The molecular weight excluding hydrogens is 236 g/mol. The Morgan fingerprint density at radius 1 is 1.05 bits per heavy atom. The largest absolute Gasteiger partial charge is 0.326 e. The second-order valence-corrected chi connectivity index (χ2v) is 4.26. The summed E-state index contributed by atoms with van der Waals surface area (Å²) in [6, 6.07) is 12.1. The van der Waals surface area contributed by atoms with E-state index in [2.05, 4.69) is 16.0 Å². The van der Waals surface area contributed by atoms with Gasteiger partial charge in [0.15, 0.2) is 0 Å². The van der Waals surface area contributed by atoms with Gasteiger partial charge in [0, 0.05) is 30.2 Å². The zero-order valence-electron chi connectivity index (χ0n) is 10.4. The molecule has 19 heavy (non-hydrogen) atoms. The Bertz CT molecular complexity index is 673. The standard InChI is InChI=1S/C15H14N4/c16-8-12-3-1-5-14(7-12)19-11-18-10-15(19)13-4-2-6-17-9-13/h1-7,9-11H,8,16H2. The molecule has 3 rings (SSSR count). The maximum absolute atomic E-state index is 5.69. The highest BCUT2D eigenvalue weighted by atomic mass is 15.0. The molecule has 0 saturated heterocycles. The Balaban J connectivity index is 2.09. The van der Waals surface area contributed by atoms with Crippen LogP contribution in [0, 0.1) is 0 Å². The van der Waals surface area contributed by atoms with Crippen LogP contribution in [-0.4, -0.2) is 14.5 Å². The molecule has 2 N–H and O–H groups in total. The molecule has 0 spiro atoms. The van der Waals surface area contributed by atoms with Crippen molar-refractivity contribution in [1.82, 2.24) is 14.5 Å². The summed E-state index contributed by atoms with van der Waals surface area (Å²) in [5, 5.41) is 0. The first-order valence-corrected chi connectivity index (χ1v) is 6.10. The zero-order chi connectivity index (χ0) is 13.1. The Morgan fingerprint density at radius 3 is 2.79 bits per heavy atom. The van der Waals surface area contributed by atoms with Crippen molar-refractivity contribution < 1.29 is 0 Å². The summed E-state index contributed by atoms with van der Waals surface area (Å²) in [6.07, 6.45) is 7.24. The fourth-order valence-electron chi connectivity index (χ4n) is 2.06. The van der Waals surface area contributed by atoms with E-state index < -0.39 is 0 Å². The van der Waals surface area contributed by atoms with Crippen molar-refractivity contribution in [3.05, 3.63) is 66.9 Å². The second-order valence-electron chi connectivity index (χ2n) is 4.26. The van der Waals surface area contributed by atoms with Crippen molar-refractivity contribution in [3.8, 4) is 16.9 Å². The third kappa shape index (κ3) is 2.26. The van der Waals surface area contributed by atoms with Gasteiger partial charge in [-0.25, -0.2) is 4.98 Å². The number of pyridine rings is 1. The average molecular weight is 250 g/mol. The third-order valence-corrected chi connectivity index (χ3v) is 3.02. The first-order chi connectivity index (χ1) is 9.38. The lowest BCUT2D eigenvalue weighted by molar-refractivity contribution is 1.03. The molecule has 0 unspecified atom stereocenters. The molecule has 4 heteroatoms. The van der Waals surface area contributed by atoms with Gasteiger partial charge in [-0.05, 0) is 29.8 Å².